The molecule has 1 aromatic heterocycles. The van der Waals surface area contributed by atoms with E-state index in [1.807, 2.05) is 6.07 Å². The summed E-state index contributed by atoms with van der Waals surface area (Å²) < 4.78 is 15.8. The molecule has 5 heteroatoms. The van der Waals surface area contributed by atoms with E-state index in [9.17, 15) is 14.4 Å². The Kier molecular flexibility index (Phi) is 4.87. The van der Waals surface area contributed by atoms with Crippen molar-refractivity contribution in [3.63, 3.8) is 0 Å². The van der Waals surface area contributed by atoms with Gasteiger partial charge in [-0.2, -0.15) is 5.26 Å². The maximum Gasteiger partial charge on any atom is 0.270 e. The van der Waals surface area contributed by atoms with Gasteiger partial charge in [-0.15, -0.1) is 0 Å². The summed E-state index contributed by atoms with van der Waals surface area (Å²) >= 11 is 0. The van der Waals surface area contributed by atoms with Crippen LogP contribution in [0.25, 0.3) is 10.9 Å². The molecule has 1 aliphatic rings. The number of hydrogen-bond acceptors (Lipinski definition) is 3. The number of rotatable bonds is 2. The van der Waals surface area contributed by atoms with E-state index in [-0.39, 0.29) is 11.1 Å². The fourth-order valence-electron chi connectivity index (χ4n) is 4.36. The molecule has 0 bridgehead atoms. The molecule has 28 heavy (non-hydrogen) atoms. The zero-order valence-electron chi connectivity index (χ0n) is 15.9. The lowest BCUT2D eigenvalue weighted by Gasteiger charge is -2.26. The molecular formula is C23H22FN3O. The average molecular weight is 375 g/mol. The Balaban J connectivity index is 1.79. The van der Waals surface area contributed by atoms with Crippen LogP contribution in [0, 0.1) is 17.1 Å². The second-order valence-electron chi connectivity index (χ2n) is 7.36. The second-order valence-corrected chi connectivity index (χ2v) is 7.36. The monoisotopic (exact) mass is 375 g/mol. The van der Waals surface area contributed by atoms with Crippen molar-refractivity contribution in [1.29, 1.82) is 5.26 Å². The lowest BCUT2D eigenvalue weighted by Crippen LogP contribution is -2.30. The number of benzene rings is 2. The van der Waals surface area contributed by atoms with Gasteiger partial charge in [-0.05, 0) is 36.8 Å². The van der Waals surface area contributed by atoms with E-state index in [1.54, 1.807) is 12.1 Å². The van der Waals surface area contributed by atoms with Crippen molar-refractivity contribution in [3.8, 4) is 6.07 Å². The first-order valence-electron chi connectivity index (χ1n) is 9.63. The molecule has 0 unspecified atom stereocenters. The minimum absolute atomic E-state index is 0.0961. The molecule has 0 aliphatic carbocycles. The molecule has 1 atom stereocenters. The molecule has 4 nitrogen and oxygen atoms in total. The number of pyridine rings is 1. The van der Waals surface area contributed by atoms with Crippen molar-refractivity contribution in [2.45, 2.75) is 25.2 Å². The maximum atomic E-state index is 14.5. The van der Waals surface area contributed by atoms with Crippen molar-refractivity contribution in [3.05, 3.63) is 75.8 Å². The highest BCUT2D eigenvalue weighted by Crippen LogP contribution is 2.34. The minimum atomic E-state index is -0.445. The van der Waals surface area contributed by atoms with Gasteiger partial charge in [0.2, 0.25) is 0 Å². The predicted octanol–water partition coefficient (Wildman–Crippen LogP) is 4.32. The minimum Gasteiger partial charge on any atom is -0.370 e. The van der Waals surface area contributed by atoms with Gasteiger partial charge in [-0.3, -0.25) is 4.79 Å². The molecule has 0 spiro atoms. The van der Waals surface area contributed by atoms with Crippen molar-refractivity contribution in [2.75, 3.05) is 18.0 Å². The largest absolute Gasteiger partial charge is 0.370 e. The molecule has 4 rings (SSSR count). The summed E-state index contributed by atoms with van der Waals surface area (Å²) in [6, 6.07) is 17.3. The quantitative estimate of drug-likeness (QED) is 0.670. The number of para-hydroxylation sites is 1. The molecule has 2 aromatic carbocycles. The van der Waals surface area contributed by atoms with Crippen LogP contribution in [-0.4, -0.2) is 17.7 Å². The van der Waals surface area contributed by atoms with Crippen molar-refractivity contribution in [1.82, 2.24) is 4.57 Å². The summed E-state index contributed by atoms with van der Waals surface area (Å²) in [5.41, 5.74) is 1.81. The molecule has 1 aliphatic heterocycles. The van der Waals surface area contributed by atoms with E-state index in [0.29, 0.717) is 17.0 Å². The molecule has 1 fully saturated rings. The highest BCUT2D eigenvalue weighted by molar-refractivity contribution is 5.95. The highest BCUT2D eigenvalue weighted by Gasteiger charge is 2.25. The Morgan fingerprint density at radius 1 is 1.07 bits per heavy atom. The second kappa shape index (κ2) is 7.47. The summed E-state index contributed by atoms with van der Waals surface area (Å²) in [6.07, 6.45) is 2.94. The van der Waals surface area contributed by atoms with E-state index >= 15 is 0 Å². The first kappa shape index (κ1) is 18.2. The van der Waals surface area contributed by atoms with Gasteiger partial charge in [-0.25, -0.2) is 4.39 Å². The molecule has 0 amide bonds. The van der Waals surface area contributed by atoms with Gasteiger partial charge in [-0.1, -0.05) is 42.5 Å². The number of anilines is 1. The van der Waals surface area contributed by atoms with Gasteiger partial charge in [0, 0.05) is 25.5 Å². The molecule has 142 valence electrons. The Labute approximate surface area is 163 Å². The van der Waals surface area contributed by atoms with Crippen molar-refractivity contribution >= 4 is 16.6 Å². The molecule has 1 saturated heterocycles. The van der Waals surface area contributed by atoms with Gasteiger partial charge in [0.15, 0.2) is 0 Å². The number of halogens is 1. The summed E-state index contributed by atoms with van der Waals surface area (Å²) in [4.78, 5) is 14.9. The number of nitrogens with zero attached hydrogens (tertiary/aromatic N) is 3. The van der Waals surface area contributed by atoms with Crippen LogP contribution < -0.4 is 10.5 Å². The molecule has 0 saturated carbocycles. The summed E-state index contributed by atoms with van der Waals surface area (Å²) in [7, 11) is 1.52. The SMILES string of the molecule is Cn1c(=O)c(C#N)c(N2CCC[C@H](c3ccccc3)CC2)c2cccc(F)c21. The Hall–Kier alpha value is -3.13. The van der Waals surface area contributed by atoms with Crippen molar-refractivity contribution < 1.29 is 4.39 Å². The predicted molar refractivity (Wildman–Crippen MR) is 109 cm³/mol. The van der Waals surface area contributed by atoms with E-state index < -0.39 is 11.4 Å². The van der Waals surface area contributed by atoms with E-state index in [0.717, 1.165) is 32.4 Å². The summed E-state index contributed by atoms with van der Waals surface area (Å²) in [5.74, 6) is 0.00565. The van der Waals surface area contributed by atoms with Gasteiger partial charge < -0.3 is 9.47 Å². The molecular weight excluding hydrogens is 353 g/mol. The number of hydrogen-bond donors (Lipinski definition) is 0. The average Bonchev–Trinajstić information content (AvgIpc) is 2.97. The smallest absolute Gasteiger partial charge is 0.270 e. The van der Waals surface area contributed by atoms with Crippen molar-refractivity contribution in [2.24, 2.45) is 7.05 Å². The zero-order valence-corrected chi connectivity index (χ0v) is 15.9. The van der Waals surface area contributed by atoms with Gasteiger partial charge in [0.25, 0.3) is 5.56 Å². The lowest BCUT2D eigenvalue weighted by molar-refractivity contribution is 0.612. The third-order valence-electron chi connectivity index (χ3n) is 5.76. The van der Waals surface area contributed by atoms with E-state index in [2.05, 4.69) is 35.2 Å². The highest BCUT2D eigenvalue weighted by atomic mass is 19.1. The van der Waals surface area contributed by atoms with Crippen LogP contribution in [0.1, 0.15) is 36.3 Å². The van der Waals surface area contributed by atoms with Crippen LogP contribution in [-0.2, 0) is 7.05 Å². The first-order chi connectivity index (χ1) is 13.6. The van der Waals surface area contributed by atoms with Crippen LogP contribution >= 0.6 is 0 Å². The van der Waals surface area contributed by atoms with Crippen LogP contribution in [0.2, 0.25) is 0 Å². The lowest BCUT2D eigenvalue weighted by atomic mass is 9.92. The molecule has 0 radical (unpaired) electrons. The Morgan fingerprint density at radius 2 is 1.86 bits per heavy atom. The topological polar surface area (TPSA) is 49.0 Å². The molecule has 2 heterocycles. The fraction of sp³-hybridized carbons (Fsp3) is 0.304. The van der Waals surface area contributed by atoms with Crippen LogP contribution in [0.5, 0.6) is 0 Å². The van der Waals surface area contributed by atoms with E-state index in [1.165, 1.54) is 23.2 Å². The number of nitriles is 1. The van der Waals surface area contributed by atoms with Crippen LogP contribution in [0.4, 0.5) is 10.1 Å². The zero-order chi connectivity index (χ0) is 19.7. The van der Waals surface area contributed by atoms with Gasteiger partial charge in [0.1, 0.15) is 17.4 Å². The standard InChI is InChI=1S/C23H22FN3O/c1-26-22-18(10-5-11-20(22)24)21(19(15-25)23(26)28)27-13-6-9-17(12-14-27)16-7-3-2-4-8-16/h2-5,7-8,10-11,17H,6,9,12-14H2,1H3/t17-/m0/s1. The summed E-state index contributed by atoms with van der Waals surface area (Å²) in [6.45, 7) is 1.48. The van der Waals surface area contributed by atoms with Crippen LogP contribution in [0.15, 0.2) is 53.3 Å². The Bertz CT molecular complexity index is 1110. The van der Waals surface area contributed by atoms with E-state index in [4.69, 9.17) is 0 Å². The van der Waals surface area contributed by atoms with Gasteiger partial charge >= 0.3 is 0 Å². The Morgan fingerprint density at radius 3 is 2.61 bits per heavy atom. The summed E-state index contributed by atoms with van der Waals surface area (Å²) in [5, 5.41) is 10.3. The maximum absolute atomic E-state index is 14.5. The fourth-order valence-corrected chi connectivity index (χ4v) is 4.36. The third-order valence-corrected chi connectivity index (χ3v) is 5.76. The third kappa shape index (κ3) is 3.05. The first-order valence-corrected chi connectivity index (χ1v) is 9.63. The number of fused-ring (bicyclic) bond motifs is 1. The van der Waals surface area contributed by atoms with Gasteiger partial charge in [0.05, 0.1) is 11.2 Å². The normalized spacial score (nSPS) is 17.3. The number of aryl methyl sites for hydroxylation is 1. The number of aromatic nitrogens is 1. The molecule has 3 aromatic rings. The van der Waals surface area contributed by atoms with Crippen LogP contribution in [0.3, 0.4) is 0 Å². The molecule has 0 N–H and O–H groups in total.